The maximum absolute atomic E-state index is 10.3. The van der Waals surface area contributed by atoms with Gasteiger partial charge in [0.2, 0.25) is 5.89 Å². The number of aliphatic carboxylic acids is 1. The number of carboxylic acids is 1. The molecule has 0 saturated carbocycles. The quantitative estimate of drug-likeness (QED) is 0.823. The van der Waals surface area contributed by atoms with E-state index in [4.69, 9.17) is 14.4 Å². The van der Waals surface area contributed by atoms with Gasteiger partial charge in [-0.3, -0.25) is 4.79 Å². The lowest BCUT2D eigenvalue weighted by Gasteiger charge is -1.97. The van der Waals surface area contributed by atoms with Crippen molar-refractivity contribution < 1.29 is 19.2 Å². The lowest BCUT2D eigenvalue weighted by Crippen LogP contribution is -2.00. The van der Waals surface area contributed by atoms with E-state index in [1.165, 1.54) is 11.8 Å². The van der Waals surface area contributed by atoms with E-state index >= 15 is 0 Å². The van der Waals surface area contributed by atoms with Gasteiger partial charge in [0.05, 0.1) is 18.1 Å². The van der Waals surface area contributed by atoms with Crippen molar-refractivity contribution in [1.29, 1.82) is 0 Å². The Morgan fingerprint density at radius 2 is 2.50 bits per heavy atom. The van der Waals surface area contributed by atoms with Crippen LogP contribution >= 0.6 is 11.8 Å². The maximum Gasteiger partial charge on any atom is 0.313 e. The largest absolute Gasteiger partial charge is 0.481 e. The molecule has 0 bridgehead atoms. The van der Waals surface area contributed by atoms with Crippen molar-refractivity contribution in [3.63, 3.8) is 0 Å². The molecule has 7 heteroatoms. The van der Waals surface area contributed by atoms with E-state index in [1.807, 2.05) is 0 Å². The average Bonchev–Trinajstić information content (AvgIpc) is 2.85. The smallest absolute Gasteiger partial charge is 0.313 e. The minimum Gasteiger partial charge on any atom is -0.481 e. The summed E-state index contributed by atoms with van der Waals surface area (Å²) in [5, 5.41) is 12.3. The molecule has 16 heavy (non-hydrogen) atoms. The van der Waals surface area contributed by atoms with Gasteiger partial charge in [0.1, 0.15) is 0 Å². The van der Waals surface area contributed by atoms with Crippen LogP contribution < -0.4 is 0 Å². The van der Waals surface area contributed by atoms with Crippen LogP contribution in [-0.4, -0.2) is 40.2 Å². The predicted octanol–water partition coefficient (Wildman–Crippen LogP) is 0.891. The number of carboxylic acid groups (broad SMARTS) is 1. The minimum absolute atomic E-state index is 0.0459. The maximum atomic E-state index is 10.3. The van der Waals surface area contributed by atoms with Crippen LogP contribution in [0.15, 0.2) is 4.52 Å². The van der Waals surface area contributed by atoms with E-state index in [9.17, 15) is 4.79 Å². The molecular weight excluding hydrogens is 232 g/mol. The molecule has 1 aromatic heterocycles. The third kappa shape index (κ3) is 2.96. The molecule has 1 unspecified atom stereocenters. The van der Waals surface area contributed by atoms with Crippen LogP contribution in [0.2, 0.25) is 0 Å². The first-order chi connectivity index (χ1) is 7.75. The van der Waals surface area contributed by atoms with Crippen LogP contribution in [0, 0.1) is 0 Å². The Morgan fingerprint density at radius 3 is 3.19 bits per heavy atom. The molecule has 88 valence electrons. The van der Waals surface area contributed by atoms with Crippen molar-refractivity contribution in [2.75, 3.05) is 19.0 Å². The van der Waals surface area contributed by atoms with Crippen LogP contribution in [0.5, 0.6) is 0 Å². The van der Waals surface area contributed by atoms with Crippen molar-refractivity contribution in [3.05, 3.63) is 11.7 Å². The number of ether oxygens (including phenoxy) is 1. The van der Waals surface area contributed by atoms with Gasteiger partial charge in [0.15, 0.2) is 5.82 Å². The molecule has 0 amide bonds. The topological polar surface area (TPSA) is 85.5 Å². The highest BCUT2D eigenvalue weighted by molar-refractivity contribution is 7.99. The molecule has 1 aliphatic heterocycles. The van der Waals surface area contributed by atoms with E-state index in [2.05, 4.69) is 10.1 Å². The van der Waals surface area contributed by atoms with Gasteiger partial charge in [0.25, 0.3) is 0 Å². The molecule has 2 rings (SSSR count). The summed E-state index contributed by atoms with van der Waals surface area (Å²) in [5.41, 5.74) is 0. The SMILES string of the molecule is O=C(O)CSCc1nc(C2CCOC2)no1. The zero-order valence-electron chi connectivity index (χ0n) is 8.59. The number of rotatable bonds is 5. The van der Waals surface area contributed by atoms with E-state index in [0.29, 0.717) is 24.1 Å². The Balaban J connectivity index is 1.84. The Morgan fingerprint density at radius 1 is 1.62 bits per heavy atom. The van der Waals surface area contributed by atoms with Crippen molar-refractivity contribution in [1.82, 2.24) is 10.1 Å². The van der Waals surface area contributed by atoms with E-state index in [0.717, 1.165) is 13.0 Å². The Labute approximate surface area is 96.4 Å². The Bertz CT molecular complexity index is 362. The third-order valence-electron chi connectivity index (χ3n) is 2.23. The number of carbonyl (C=O) groups is 1. The number of aromatic nitrogens is 2. The standard InChI is InChI=1S/C9H12N2O4S/c12-8(13)5-16-4-7-10-9(11-15-7)6-1-2-14-3-6/h6H,1-5H2,(H,12,13). The highest BCUT2D eigenvalue weighted by Gasteiger charge is 2.22. The lowest BCUT2D eigenvalue weighted by atomic mass is 10.1. The monoisotopic (exact) mass is 244 g/mol. The summed E-state index contributed by atoms with van der Waals surface area (Å²) in [4.78, 5) is 14.5. The summed E-state index contributed by atoms with van der Waals surface area (Å²) < 4.78 is 10.3. The molecule has 1 fully saturated rings. The molecule has 1 aliphatic rings. The molecule has 6 nitrogen and oxygen atoms in total. The Hall–Kier alpha value is -1.08. The highest BCUT2D eigenvalue weighted by atomic mass is 32.2. The normalized spacial score (nSPS) is 20.1. The first-order valence-electron chi connectivity index (χ1n) is 4.95. The molecule has 0 radical (unpaired) electrons. The molecular formula is C9H12N2O4S. The van der Waals surface area contributed by atoms with Crippen molar-refractivity contribution in [3.8, 4) is 0 Å². The molecule has 1 N–H and O–H groups in total. The zero-order chi connectivity index (χ0) is 11.4. The number of hydrogen-bond acceptors (Lipinski definition) is 6. The molecule has 2 heterocycles. The summed E-state index contributed by atoms with van der Waals surface area (Å²) in [5.74, 6) is 1.02. The molecule has 0 aromatic carbocycles. The first-order valence-corrected chi connectivity index (χ1v) is 6.11. The first kappa shape index (κ1) is 11.4. The summed E-state index contributed by atoms with van der Waals surface area (Å²) >= 11 is 1.24. The second kappa shape index (κ2) is 5.31. The van der Waals surface area contributed by atoms with Gasteiger partial charge in [0, 0.05) is 12.5 Å². The Kier molecular flexibility index (Phi) is 3.79. The summed E-state index contributed by atoms with van der Waals surface area (Å²) in [6.07, 6.45) is 0.918. The molecule has 1 aromatic rings. The van der Waals surface area contributed by atoms with Crippen LogP contribution in [-0.2, 0) is 15.3 Å². The van der Waals surface area contributed by atoms with E-state index < -0.39 is 5.97 Å². The minimum atomic E-state index is -0.839. The molecule has 0 spiro atoms. The van der Waals surface area contributed by atoms with Gasteiger partial charge >= 0.3 is 5.97 Å². The molecule has 1 saturated heterocycles. The average molecular weight is 244 g/mol. The third-order valence-corrected chi connectivity index (χ3v) is 3.13. The lowest BCUT2D eigenvalue weighted by molar-refractivity contribution is -0.133. The fourth-order valence-electron chi connectivity index (χ4n) is 1.46. The zero-order valence-corrected chi connectivity index (χ0v) is 9.40. The highest BCUT2D eigenvalue weighted by Crippen LogP contribution is 2.23. The fourth-order valence-corrected chi connectivity index (χ4v) is 2.02. The van der Waals surface area contributed by atoms with Gasteiger partial charge in [-0.1, -0.05) is 5.16 Å². The number of nitrogens with zero attached hydrogens (tertiary/aromatic N) is 2. The second-order valence-electron chi connectivity index (χ2n) is 3.49. The fraction of sp³-hybridized carbons (Fsp3) is 0.667. The molecule has 0 aliphatic carbocycles. The number of hydrogen-bond donors (Lipinski definition) is 1. The van der Waals surface area contributed by atoms with E-state index in [1.54, 1.807) is 0 Å². The van der Waals surface area contributed by atoms with Crippen molar-refractivity contribution in [2.24, 2.45) is 0 Å². The van der Waals surface area contributed by atoms with Crippen molar-refractivity contribution in [2.45, 2.75) is 18.1 Å². The summed E-state index contributed by atoms with van der Waals surface area (Å²) in [7, 11) is 0. The second-order valence-corrected chi connectivity index (χ2v) is 4.48. The van der Waals surface area contributed by atoms with Gasteiger partial charge in [-0.15, -0.1) is 11.8 Å². The van der Waals surface area contributed by atoms with Gasteiger partial charge in [-0.25, -0.2) is 0 Å². The van der Waals surface area contributed by atoms with Crippen LogP contribution in [0.3, 0.4) is 0 Å². The van der Waals surface area contributed by atoms with Gasteiger partial charge < -0.3 is 14.4 Å². The van der Waals surface area contributed by atoms with Crippen molar-refractivity contribution >= 4 is 17.7 Å². The molecule has 1 atom stereocenters. The van der Waals surface area contributed by atoms with Gasteiger partial charge in [-0.2, -0.15) is 4.98 Å². The van der Waals surface area contributed by atoms with Gasteiger partial charge in [-0.05, 0) is 6.42 Å². The number of thioether (sulfide) groups is 1. The van der Waals surface area contributed by atoms with Crippen LogP contribution in [0.4, 0.5) is 0 Å². The predicted molar refractivity (Wildman–Crippen MR) is 56.3 cm³/mol. The van der Waals surface area contributed by atoms with E-state index in [-0.39, 0.29) is 11.7 Å². The summed E-state index contributed by atoms with van der Waals surface area (Å²) in [6.45, 7) is 1.38. The van der Waals surface area contributed by atoms with Crippen LogP contribution in [0.1, 0.15) is 24.1 Å². The van der Waals surface area contributed by atoms with Crippen LogP contribution in [0.25, 0.3) is 0 Å². The summed E-state index contributed by atoms with van der Waals surface area (Å²) in [6, 6.07) is 0.